The number of hydrogen-bond donors (Lipinski definition) is 0. The predicted molar refractivity (Wildman–Crippen MR) is 109 cm³/mol. The summed E-state index contributed by atoms with van der Waals surface area (Å²) < 4.78 is 2.15. The van der Waals surface area contributed by atoms with Crippen LogP contribution in [0.5, 0.6) is 0 Å². The first kappa shape index (κ1) is 18.6. The largest absolute Gasteiger partial charge is 0.338 e. The molecule has 5 rings (SSSR count). The third-order valence-electron chi connectivity index (χ3n) is 8.14. The Bertz CT molecular complexity index is 752. The van der Waals surface area contributed by atoms with Gasteiger partial charge in [0.1, 0.15) is 5.54 Å². The number of carbonyl (C=O) groups is 1. The molecular formula is C22H35N5O. The van der Waals surface area contributed by atoms with Crippen LogP contribution in [0.3, 0.4) is 0 Å². The lowest BCUT2D eigenvalue weighted by molar-refractivity contribution is -0.139. The minimum absolute atomic E-state index is 0.215. The Hall–Kier alpha value is -1.40. The first-order chi connectivity index (χ1) is 13.6. The number of hydrogen-bond acceptors (Lipinski definition) is 4. The minimum atomic E-state index is -0.215. The summed E-state index contributed by atoms with van der Waals surface area (Å²) in [5, 5.41) is 4.66. The van der Waals surface area contributed by atoms with Gasteiger partial charge in [0, 0.05) is 42.3 Å². The highest BCUT2D eigenvalue weighted by atomic mass is 16.2. The highest BCUT2D eigenvalue weighted by Gasteiger charge is 2.66. The Morgan fingerprint density at radius 2 is 2.04 bits per heavy atom. The van der Waals surface area contributed by atoms with Gasteiger partial charge >= 0.3 is 0 Å². The lowest BCUT2D eigenvalue weighted by Crippen LogP contribution is -2.52. The van der Waals surface area contributed by atoms with E-state index in [2.05, 4.69) is 51.6 Å². The second-order valence-electron chi connectivity index (χ2n) is 9.57. The summed E-state index contributed by atoms with van der Waals surface area (Å²) in [5.41, 5.74) is 2.45. The van der Waals surface area contributed by atoms with Gasteiger partial charge in [0.2, 0.25) is 5.91 Å². The molecule has 0 aromatic carbocycles. The van der Waals surface area contributed by atoms with Gasteiger partial charge in [-0.15, -0.1) is 0 Å². The number of carbonyl (C=O) groups excluding carboxylic acids is 1. The molecule has 0 aliphatic carbocycles. The van der Waals surface area contributed by atoms with Crippen molar-refractivity contribution in [2.24, 2.45) is 5.92 Å². The quantitative estimate of drug-likeness (QED) is 0.799. The van der Waals surface area contributed by atoms with E-state index in [1.165, 1.54) is 11.3 Å². The molecule has 4 aliphatic heterocycles. The lowest BCUT2D eigenvalue weighted by Gasteiger charge is -2.38. The third-order valence-corrected chi connectivity index (χ3v) is 8.14. The van der Waals surface area contributed by atoms with Crippen molar-refractivity contribution in [2.75, 3.05) is 33.2 Å². The third kappa shape index (κ3) is 2.53. The van der Waals surface area contributed by atoms with Gasteiger partial charge in [-0.1, -0.05) is 6.92 Å². The summed E-state index contributed by atoms with van der Waals surface area (Å²) in [7, 11) is 2.19. The Kier molecular flexibility index (Phi) is 4.55. The van der Waals surface area contributed by atoms with E-state index in [-0.39, 0.29) is 5.54 Å². The number of likely N-dealkylation sites (tertiary alicyclic amines) is 2. The van der Waals surface area contributed by atoms with Crippen molar-refractivity contribution in [1.29, 1.82) is 0 Å². The van der Waals surface area contributed by atoms with E-state index in [1.807, 2.05) is 0 Å². The molecule has 0 bridgehead atoms. The number of nitrogens with zero attached hydrogens (tertiary/aromatic N) is 5. The lowest BCUT2D eigenvalue weighted by atomic mass is 9.85. The summed E-state index contributed by atoms with van der Waals surface area (Å²) >= 11 is 0. The molecule has 4 saturated heterocycles. The van der Waals surface area contributed by atoms with Crippen LogP contribution in [-0.4, -0.2) is 75.2 Å². The van der Waals surface area contributed by atoms with Crippen LogP contribution >= 0.6 is 0 Å². The fourth-order valence-electron chi connectivity index (χ4n) is 6.67. The van der Waals surface area contributed by atoms with Crippen LogP contribution in [0.15, 0.2) is 6.20 Å². The van der Waals surface area contributed by atoms with Crippen molar-refractivity contribution in [3.8, 4) is 0 Å². The molecule has 154 valence electrons. The number of aryl methyl sites for hydroxylation is 1. The molecule has 0 N–H and O–H groups in total. The molecular weight excluding hydrogens is 350 g/mol. The first-order valence-corrected chi connectivity index (χ1v) is 11.3. The zero-order valence-corrected chi connectivity index (χ0v) is 17.7. The average molecular weight is 386 g/mol. The zero-order valence-electron chi connectivity index (χ0n) is 17.7. The Balaban J connectivity index is 1.41. The molecule has 5 heterocycles. The standard InChI is InChI=1S/C22H35N5O/c1-4-9-27-16(2)19(14-23-27)20-13-17-15-25(18-6-11-24(3)12-7-18)21(28)22(17)8-5-10-26(20)22/h14,17-18,20H,4-13,15H2,1-3H3/t17-,20-,22-/m0/s1. The second-order valence-corrected chi connectivity index (χ2v) is 9.57. The smallest absolute Gasteiger partial charge is 0.243 e. The number of aromatic nitrogens is 2. The molecule has 0 saturated carbocycles. The van der Waals surface area contributed by atoms with E-state index < -0.39 is 0 Å². The molecule has 1 spiro atoms. The molecule has 0 unspecified atom stereocenters. The maximum absolute atomic E-state index is 13.8. The number of piperidine rings is 1. The Morgan fingerprint density at radius 3 is 2.79 bits per heavy atom. The molecule has 6 heteroatoms. The van der Waals surface area contributed by atoms with Gasteiger partial charge in [-0.2, -0.15) is 5.10 Å². The maximum atomic E-state index is 13.8. The van der Waals surface area contributed by atoms with Crippen LogP contribution in [0.4, 0.5) is 0 Å². The minimum Gasteiger partial charge on any atom is -0.338 e. The number of rotatable bonds is 4. The molecule has 1 amide bonds. The van der Waals surface area contributed by atoms with Gasteiger partial charge in [0.25, 0.3) is 0 Å². The number of amides is 1. The van der Waals surface area contributed by atoms with E-state index in [0.717, 1.165) is 71.2 Å². The second kappa shape index (κ2) is 6.84. The van der Waals surface area contributed by atoms with Crippen LogP contribution in [0.25, 0.3) is 0 Å². The monoisotopic (exact) mass is 385 g/mol. The van der Waals surface area contributed by atoms with E-state index in [1.54, 1.807) is 0 Å². The van der Waals surface area contributed by atoms with Crippen molar-refractivity contribution in [3.63, 3.8) is 0 Å². The summed E-state index contributed by atoms with van der Waals surface area (Å²) in [4.78, 5) is 21.1. The van der Waals surface area contributed by atoms with E-state index in [9.17, 15) is 4.79 Å². The summed E-state index contributed by atoms with van der Waals surface area (Å²) in [5.74, 6) is 0.937. The summed E-state index contributed by atoms with van der Waals surface area (Å²) in [6.07, 6.45) is 8.79. The molecule has 4 fully saturated rings. The van der Waals surface area contributed by atoms with Crippen molar-refractivity contribution < 1.29 is 4.79 Å². The Morgan fingerprint density at radius 1 is 1.25 bits per heavy atom. The van der Waals surface area contributed by atoms with Gasteiger partial charge < -0.3 is 9.80 Å². The normalized spacial score (nSPS) is 34.4. The first-order valence-electron chi connectivity index (χ1n) is 11.3. The Labute approximate surface area is 168 Å². The maximum Gasteiger partial charge on any atom is 0.243 e. The average Bonchev–Trinajstić information content (AvgIpc) is 3.40. The van der Waals surface area contributed by atoms with Crippen LogP contribution in [-0.2, 0) is 11.3 Å². The van der Waals surface area contributed by atoms with Gasteiger partial charge in [-0.3, -0.25) is 14.4 Å². The van der Waals surface area contributed by atoms with Crippen LogP contribution in [0.1, 0.15) is 62.7 Å². The SMILES string of the molecule is CCCn1ncc([C@@H]2C[C@H]3CN(C4CCN(C)CC4)C(=O)[C@]34CCCN24)c1C. The van der Waals surface area contributed by atoms with Crippen LogP contribution in [0.2, 0.25) is 0 Å². The highest BCUT2D eigenvalue weighted by molar-refractivity contribution is 5.90. The van der Waals surface area contributed by atoms with Gasteiger partial charge in [-0.25, -0.2) is 0 Å². The molecule has 4 aliphatic rings. The van der Waals surface area contributed by atoms with Crippen molar-refractivity contribution in [2.45, 2.75) is 76.5 Å². The molecule has 3 atom stereocenters. The fraction of sp³-hybridized carbons (Fsp3) is 0.818. The van der Waals surface area contributed by atoms with Crippen LogP contribution in [0, 0.1) is 12.8 Å². The molecule has 0 radical (unpaired) electrons. The topological polar surface area (TPSA) is 44.6 Å². The molecule has 1 aromatic rings. The van der Waals surface area contributed by atoms with Crippen molar-refractivity contribution in [1.82, 2.24) is 24.5 Å². The molecule has 6 nitrogen and oxygen atoms in total. The van der Waals surface area contributed by atoms with E-state index in [4.69, 9.17) is 0 Å². The molecule has 1 aromatic heterocycles. The summed E-state index contributed by atoms with van der Waals surface area (Å²) in [6.45, 7) is 9.67. The van der Waals surface area contributed by atoms with Gasteiger partial charge in [0.05, 0.1) is 6.20 Å². The van der Waals surface area contributed by atoms with Crippen molar-refractivity contribution in [3.05, 3.63) is 17.5 Å². The van der Waals surface area contributed by atoms with Gasteiger partial charge in [-0.05, 0) is 72.1 Å². The summed E-state index contributed by atoms with van der Waals surface area (Å²) in [6, 6.07) is 0.834. The van der Waals surface area contributed by atoms with Crippen molar-refractivity contribution >= 4 is 5.91 Å². The van der Waals surface area contributed by atoms with Crippen LogP contribution < -0.4 is 0 Å². The predicted octanol–water partition coefficient (Wildman–Crippen LogP) is 2.43. The highest BCUT2D eigenvalue weighted by Crippen LogP contribution is 2.56. The van der Waals surface area contributed by atoms with E-state index >= 15 is 0 Å². The molecule has 28 heavy (non-hydrogen) atoms. The van der Waals surface area contributed by atoms with E-state index in [0.29, 0.717) is 23.9 Å². The van der Waals surface area contributed by atoms with Gasteiger partial charge in [0.15, 0.2) is 0 Å². The fourth-order valence-corrected chi connectivity index (χ4v) is 6.67. The zero-order chi connectivity index (χ0) is 19.5.